The van der Waals surface area contributed by atoms with Crippen molar-refractivity contribution < 1.29 is 19.0 Å². The zero-order valence-corrected chi connectivity index (χ0v) is 18.2. The van der Waals surface area contributed by atoms with Crippen LogP contribution in [-0.4, -0.2) is 38.9 Å². The summed E-state index contributed by atoms with van der Waals surface area (Å²) >= 11 is 0. The molecule has 1 unspecified atom stereocenters. The second-order valence-electron chi connectivity index (χ2n) is 9.55. The monoisotopic (exact) mass is 401 g/mol. The maximum absolute atomic E-state index is 12.6. The van der Waals surface area contributed by atoms with E-state index in [0.717, 1.165) is 30.8 Å². The standard InChI is InChI=1S/C24H35NO4/c1-5-28-19-9-7-6-8-17(19)21-18-14-16-15-24(18,11-13-29-21)22(23(16,2)3)25-20(26)10-12-27-4/h6-9,16,18,21-22H,5,10-15H2,1-4H3,(H,25,26)/t16-,18-,21-,22+,24?/m1/s1. The second-order valence-corrected chi connectivity index (χ2v) is 9.55. The van der Waals surface area contributed by atoms with E-state index in [1.807, 2.05) is 19.1 Å². The van der Waals surface area contributed by atoms with E-state index < -0.39 is 0 Å². The third-order valence-electron chi connectivity index (χ3n) is 7.87. The lowest BCUT2D eigenvalue weighted by molar-refractivity contribution is -0.138. The van der Waals surface area contributed by atoms with E-state index in [0.29, 0.717) is 31.5 Å². The van der Waals surface area contributed by atoms with E-state index in [2.05, 4.69) is 31.3 Å². The highest BCUT2D eigenvalue weighted by Crippen LogP contribution is 2.70. The summed E-state index contributed by atoms with van der Waals surface area (Å²) in [4.78, 5) is 12.6. The molecule has 0 radical (unpaired) electrons. The Balaban J connectivity index is 1.64. The molecule has 29 heavy (non-hydrogen) atoms. The molecule has 5 atom stereocenters. The molecule has 2 bridgehead atoms. The number of carbonyl (C=O) groups is 1. The van der Waals surface area contributed by atoms with Gasteiger partial charge in [-0.25, -0.2) is 0 Å². The number of benzene rings is 1. The van der Waals surface area contributed by atoms with Crippen LogP contribution in [0.15, 0.2) is 24.3 Å². The largest absolute Gasteiger partial charge is 0.493 e. The van der Waals surface area contributed by atoms with Gasteiger partial charge in [0.15, 0.2) is 0 Å². The number of nitrogens with one attached hydrogen (secondary N) is 1. The average molecular weight is 402 g/mol. The van der Waals surface area contributed by atoms with Gasteiger partial charge in [-0.05, 0) is 54.9 Å². The quantitative estimate of drug-likeness (QED) is 0.747. The van der Waals surface area contributed by atoms with Crippen LogP contribution in [-0.2, 0) is 14.3 Å². The van der Waals surface area contributed by atoms with Gasteiger partial charge in [0, 0.05) is 31.7 Å². The van der Waals surface area contributed by atoms with E-state index in [4.69, 9.17) is 14.2 Å². The Kier molecular flexibility index (Phi) is 5.64. The fourth-order valence-electron chi connectivity index (χ4n) is 6.53. The van der Waals surface area contributed by atoms with Gasteiger partial charge in [0.05, 0.1) is 19.3 Å². The molecular formula is C24H35NO4. The molecule has 1 N–H and O–H groups in total. The molecule has 1 aromatic rings. The molecule has 1 aliphatic heterocycles. The van der Waals surface area contributed by atoms with E-state index in [1.165, 1.54) is 6.42 Å². The topological polar surface area (TPSA) is 56.8 Å². The van der Waals surface area contributed by atoms with Gasteiger partial charge in [-0.2, -0.15) is 0 Å². The first-order chi connectivity index (χ1) is 13.9. The molecule has 5 nitrogen and oxygen atoms in total. The predicted octanol–water partition coefficient (Wildman–Crippen LogP) is 4.12. The highest BCUT2D eigenvalue weighted by molar-refractivity contribution is 5.76. The van der Waals surface area contributed by atoms with Crippen LogP contribution >= 0.6 is 0 Å². The second kappa shape index (κ2) is 7.92. The van der Waals surface area contributed by atoms with Gasteiger partial charge in [-0.15, -0.1) is 0 Å². The average Bonchev–Trinajstić information content (AvgIpc) is 3.20. The Labute approximate surface area is 174 Å². The molecule has 1 heterocycles. The summed E-state index contributed by atoms with van der Waals surface area (Å²) in [5.74, 6) is 2.04. The molecule has 2 saturated carbocycles. The molecule has 5 heteroatoms. The lowest BCUT2D eigenvalue weighted by Gasteiger charge is -2.53. The van der Waals surface area contributed by atoms with Gasteiger partial charge in [-0.1, -0.05) is 32.0 Å². The number of ether oxygens (including phenoxy) is 3. The molecule has 1 saturated heterocycles. The number of hydrogen-bond donors (Lipinski definition) is 1. The molecule has 1 spiro atoms. The minimum absolute atomic E-state index is 0.0333. The van der Waals surface area contributed by atoms with Gasteiger partial charge in [0.1, 0.15) is 5.75 Å². The first-order valence-electron chi connectivity index (χ1n) is 11.1. The lowest BCUT2D eigenvalue weighted by atomic mass is 9.58. The number of fused-ring (bicyclic) bond motifs is 1. The Morgan fingerprint density at radius 2 is 2.10 bits per heavy atom. The van der Waals surface area contributed by atoms with Crippen LogP contribution in [0.2, 0.25) is 0 Å². The third kappa shape index (κ3) is 3.36. The van der Waals surface area contributed by atoms with E-state index in [-0.39, 0.29) is 28.9 Å². The van der Waals surface area contributed by atoms with Crippen molar-refractivity contribution in [2.45, 2.75) is 58.6 Å². The van der Waals surface area contributed by atoms with Crippen LogP contribution < -0.4 is 10.1 Å². The summed E-state index contributed by atoms with van der Waals surface area (Å²) in [5, 5.41) is 3.43. The fraction of sp³-hybridized carbons (Fsp3) is 0.708. The summed E-state index contributed by atoms with van der Waals surface area (Å²) in [5.41, 5.74) is 1.35. The molecule has 1 amide bonds. The number of hydrogen-bond acceptors (Lipinski definition) is 4. The minimum atomic E-state index is 0.0333. The summed E-state index contributed by atoms with van der Waals surface area (Å²) in [6.07, 6.45) is 3.80. The lowest BCUT2D eigenvalue weighted by Crippen LogP contribution is -2.59. The maximum Gasteiger partial charge on any atom is 0.222 e. The van der Waals surface area contributed by atoms with Crippen molar-refractivity contribution in [3.8, 4) is 5.75 Å². The van der Waals surface area contributed by atoms with Crippen LogP contribution in [0.5, 0.6) is 5.75 Å². The summed E-state index contributed by atoms with van der Waals surface area (Å²) in [6.45, 7) is 8.53. The Morgan fingerprint density at radius 3 is 2.86 bits per heavy atom. The van der Waals surface area contributed by atoms with Crippen LogP contribution in [0.4, 0.5) is 0 Å². The summed E-state index contributed by atoms with van der Waals surface area (Å²) in [7, 11) is 1.64. The highest BCUT2D eigenvalue weighted by Gasteiger charge is 2.68. The molecule has 1 aromatic carbocycles. The minimum Gasteiger partial charge on any atom is -0.493 e. The smallest absolute Gasteiger partial charge is 0.222 e. The van der Waals surface area contributed by atoms with Gasteiger partial charge >= 0.3 is 0 Å². The maximum atomic E-state index is 12.6. The fourth-order valence-corrected chi connectivity index (χ4v) is 6.53. The van der Waals surface area contributed by atoms with Gasteiger partial charge in [-0.3, -0.25) is 4.79 Å². The normalized spacial score (nSPS) is 34.6. The van der Waals surface area contributed by atoms with Gasteiger partial charge in [0.2, 0.25) is 5.91 Å². The van der Waals surface area contributed by atoms with Gasteiger partial charge in [0.25, 0.3) is 0 Å². The number of para-hydroxylation sites is 1. The third-order valence-corrected chi connectivity index (χ3v) is 7.87. The van der Waals surface area contributed by atoms with E-state index in [9.17, 15) is 4.79 Å². The van der Waals surface area contributed by atoms with Crippen molar-refractivity contribution in [1.29, 1.82) is 0 Å². The molecule has 160 valence electrons. The summed E-state index contributed by atoms with van der Waals surface area (Å²) < 4.78 is 17.4. The Morgan fingerprint density at radius 1 is 1.31 bits per heavy atom. The Bertz CT molecular complexity index is 748. The molecule has 2 aliphatic carbocycles. The van der Waals surface area contributed by atoms with Crippen molar-refractivity contribution in [3.63, 3.8) is 0 Å². The zero-order valence-electron chi connectivity index (χ0n) is 18.2. The van der Waals surface area contributed by atoms with Crippen molar-refractivity contribution in [2.75, 3.05) is 26.9 Å². The number of carbonyl (C=O) groups excluding carboxylic acids is 1. The number of methoxy groups -OCH3 is 1. The SMILES string of the molecule is CCOc1ccccc1[C@H]1OCCC23C[C@@H](C[C@H]12)C(C)(C)[C@@H]3NC(=O)CCOC. The van der Waals surface area contributed by atoms with Crippen molar-refractivity contribution in [2.24, 2.45) is 22.7 Å². The van der Waals surface area contributed by atoms with Crippen molar-refractivity contribution in [3.05, 3.63) is 29.8 Å². The first kappa shape index (κ1) is 20.7. The van der Waals surface area contributed by atoms with Crippen LogP contribution in [0.25, 0.3) is 0 Å². The van der Waals surface area contributed by atoms with Crippen LogP contribution in [0.3, 0.4) is 0 Å². The van der Waals surface area contributed by atoms with Crippen molar-refractivity contribution >= 4 is 5.91 Å². The number of rotatable bonds is 7. The Hall–Kier alpha value is -1.59. The van der Waals surface area contributed by atoms with Crippen LogP contribution in [0.1, 0.15) is 58.1 Å². The molecule has 3 aliphatic rings. The molecular weight excluding hydrogens is 366 g/mol. The summed E-state index contributed by atoms with van der Waals surface area (Å²) in [6, 6.07) is 8.47. The first-order valence-corrected chi connectivity index (χ1v) is 11.1. The van der Waals surface area contributed by atoms with E-state index >= 15 is 0 Å². The predicted molar refractivity (Wildman–Crippen MR) is 112 cm³/mol. The van der Waals surface area contributed by atoms with Gasteiger partial charge < -0.3 is 19.5 Å². The molecule has 0 aromatic heterocycles. The zero-order chi connectivity index (χ0) is 20.6. The number of amides is 1. The van der Waals surface area contributed by atoms with E-state index in [1.54, 1.807) is 7.11 Å². The van der Waals surface area contributed by atoms with Crippen LogP contribution in [0, 0.1) is 22.7 Å². The molecule has 3 fully saturated rings. The highest BCUT2D eigenvalue weighted by atomic mass is 16.5. The van der Waals surface area contributed by atoms with Crippen molar-refractivity contribution in [1.82, 2.24) is 5.32 Å². The molecule has 4 rings (SSSR count).